The molecule has 2 aromatic rings. The summed E-state index contributed by atoms with van der Waals surface area (Å²) in [6.45, 7) is 0.863. The van der Waals surface area contributed by atoms with Crippen LogP contribution in [0.2, 0.25) is 0 Å². The van der Waals surface area contributed by atoms with Gasteiger partial charge in [0.15, 0.2) is 17.5 Å². The van der Waals surface area contributed by atoms with Gasteiger partial charge in [-0.3, -0.25) is 0 Å². The molecule has 0 aliphatic carbocycles. The van der Waals surface area contributed by atoms with E-state index < -0.39 is 17.5 Å². The highest BCUT2D eigenvalue weighted by molar-refractivity contribution is 5.54. The van der Waals surface area contributed by atoms with Crippen LogP contribution in [0, 0.1) is 17.5 Å². The van der Waals surface area contributed by atoms with Gasteiger partial charge in [0.1, 0.15) is 0 Å². The van der Waals surface area contributed by atoms with Crippen LogP contribution in [0.3, 0.4) is 0 Å². The summed E-state index contributed by atoms with van der Waals surface area (Å²) >= 11 is 0. The molecule has 4 nitrogen and oxygen atoms in total. The molecular weight excluding hydrogens is 271 g/mol. The molecule has 0 spiro atoms. The Morgan fingerprint density at radius 3 is 2.55 bits per heavy atom. The Morgan fingerprint density at radius 2 is 1.90 bits per heavy atom. The van der Waals surface area contributed by atoms with Gasteiger partial charge in [-0.25, -0.2) is 13.2 Å². The lowest BCUT2D eigenvalue weighted by molar-refractivity contribution is 0.297. The Labute approximate surface area is 113 Å². The number of halogens is 3. The van der Waals surface area contributed by atoms with Gasteiger partial charge in [-0.2, -0.15) is 4.98 Å². The number of piperidine rings is 1. The molecule has 1 aliphatic rings. The van der Waals surface area contributed by atoms with Crippen molar-refractivity contribution in [3.8, 4) is 11.4 Å². The molecule has 0 amide bonds. The number of rotatable bonds is 2. The van der Waals surface area contributed by atoms with Crippen molar-refractivity contribution in [2.75, 3.05) is 6.54 Å². The fourth-order valence-electron chi connectivity index (χ4n) is 2.24. The molecule has 1 aliphatic heterocycles. The number of hydrogen-bond donors (Lipinski definition) is 1. The van der Waals surface area contributed by atoms with Crippen molar-refractivity contribution in [2.45, 2.75) is 25.3 Å². The normalized spacial score (nSPS) is 19.2. The monoisotopic (exact) mass is 283 g/mol. The fourth-order valence-corrected chi connectivity index (χ4v) is 2.24. The first-order chi connectivity index (χ1) is 9.65. The van der Waals surface area contributed by atoms with Crippen LogP contribution in [-0.2, 0) is 0 Å². The van der Waals surface area contributed by atoms with Crippen LogP contribution < -0.4 is 5.32 Å². The van der Waals surface area contributed by atoms with E-state index in [0.717, 1.165) is 37.9 Å². The molecule has 1 N–H and O–H groups in total. The van der Waals surface area contributed by atoms with Crippen molar-refractivity contribution < 1.29 is 17.7 Å². The molecule has 1 aromatic carbocycles. The molecule has 1 atom stereocenters. The smallest absolute Gasteiger partial charge is 0.244 e. The van der Waals surface area contributed by atoms with Crippen LogP contribution in [0.25, 0.3) is 11.4 Å². The highest BCUT2D eigenvalue weighted by Gasteiger charge is 2.22. The van der Waals surface area contributed by atoms with Gasteiger partial charge in [0.2, 0.25) is 11.7 Å². The molecule has 3 rings (SSSR count). The standard InChI is InChI=1S/C13H12F3N3O/c14-8-5-7(6-9(15)11(8)16)12-18-13(20-19-12)10-3-1-2-4-17-10/h5-6,10,17H,1-4H2. The summed E-state index contributed by atoms with van der Waals surface area (Å²) in [5.74, 6) is -3.63. The second-order valence-corrected chi connectivity index (χ2v) is 4.71. The highest BCUT2D eigenvalue weighted by Crippen LogP contribution is 2.25. The van der Waals surface area contributed by atoms with E-state index in [1.165, 1.54) is 0 Å². The van der Waals surface area contributed by atoms with Gasteiger partial charge in [-0.15, -0.1) is 0 Å². The van der Waals surface area contributed by atoms with Crippen LogP contribution >= 0.6 is 0 Å². The van der Waals surface area contributed by atoms with Gasteiger partial charge in [0.05, 0.1) is 6.04 Å². The fraction of sp³-hybridized carbons (Fsp3) is 0.385. The lowest BCUT2D eigenvalue weighted by Gasteiger charge is -2.19. The summed E-state index contributed by atoms with van der Waals surface area (Å²) in [6, 6.07) is 1.66. The minimum Gasteiger partial charge on any atom is -0.337 e. The molecule has 1 unspecified atom stereocenters. The van der Waals surface area contributed by atoms with Gasteiger partial charge in [-0.05, 0) is 31.5 Å². The minimum atomic E-state index is -1.51. The molecule has 1 saturated heterocycles. The largest absolute Gasteiger partial charge is 0.337 e. The van der Waals surface area contributed by atoms with E-state index in [9.17, 15) is 13.2 Å². The maximum Gasteiger partial charge on any atom is 0.244 e. The molecule has 0 radical (unpaired) electrons. The molecule has 106 valence electrons. The van der Waals surface area contributed by atoms with Crippen molar-refractivity contribution in [2.24, 2.45) is 0 Å². The van der Waals surface area contributed by atoms with Crippen LogP contribution in [0.5, 0.6) is 0 Å². The number of nitrogens with one attached hydrogen (secondary N) is 1. The third kappa shape index (κ3) is 2.40. The zero-order valence-electron chi connectivity index (χ0n) is 10.5. The Balaban J connectivity index is 1.89. The van der Waals surface area contributed by atoms with Gasteiger partial charge < -0.3 is 9.84 Å². The first-order valence-electron chi connectivity index (χ1n) is 6.37. The van der Waals surface area contributed by atoms with E-state index in [4.69, 9.17) is 4.52 Å². The Morgan fingerprint density at radius 1 is 1.15 bits per heavy atom. The highest BCUT2D eigenvalue weighted by atomic mass is 19.2. The third-order valence-corrected chi connectivity index (χ3v) is 3.29. The van der Waals surface area contributed by atoms with E-state index in [1.807, 2.05) is 0 Å². The lowest BCUT2D eigenvalue weighted by atomic mass is 10.1. The first-order valence-corrected chi connectivity index (χ1v) is 6.37. The second kappa shape index (κ2) is 5.24. The molecule has 2 heterocycles. The minimum absolute atomic E-state index is 0.0415. The second-order valence-electron chi connectivity index (χ2n) is 4.71. The van der Waals surface area contributed by atoms with E-state index in [2.05, 4.69) is 15.5 Å². The molecule has 1 aromatic heterocycles. The topological polar surface area (TPSA) is 51.0 Å². The van der Waals surface area contributed by atoms with Gasteiger partial charge in [0.25, 0.3) is 0 Å². The predicted octanol–water partition coefficient (Wildman–Crippen LogP) is 2.97. The van der Waals surface area contributed by atoms with Crippen molar-refractivity contribution >= 4 is 0 Å². The summed E-state index contributed by atoms with van der Waals surface area (Å²) in [4.78, 5) is 4.12. The van der Waals surface area contributed by atoms with E-state index >= 15 is 0 Å². The van der Waals surface area contributed by atoms with Crippen molar-refractivity contribution in [3.63, 3.8) is 0 Å². The van der Waals surface area contributed by atoms with Crippen LogP contribution in [-0.4, -0.2) is 16.7 Å². The average molecular weight is 283 g/mol. The van der Waals surface area contributed by atoms with Crippen molar-refractivity contribution in [1.82, 2.24) is 15.5 Å². The summed E-state index contributed by atoms with van der Waals surface area (Å²) in [5.41, 5.74) is 0.0483. The summed E-state index contributed by atoms with van der Waals surface area (Å²) in [7, 11) is 0. The maximum atomic E-state index is 13.2. The van der Waals surface area contributed by atoms with Crippen molar-refractivity contribution in [1.29, 1.82) is 0 Å². The van der Waals surface area contributed by atoms with E-state index in [-0.39, 0.29) is 17.4 Å². The van der Waals surface area contributed by atoms with Gasteiger partial charge in [0, 0.05) is 5.56 Å². The zero-order chi connectivity index (χ0) is 14.1. The molecule has 0 bridgehead atoms. The van der Waals surface area contributed by atoms with Gasteiger partial charge in [-0.1, -0.05) is 11.6 Å². The SMILES string of the molecule is Fc1cc(-c2noc(C3CCCCN3)n2)cc(F)c1F. The van der Waals surface area contributed by atoms with Crippen LogP contribution in [0.4, 0.5) is 13.2 Å². The summed E-state index contributed by atoms with van der Waals surface area (Å²) in [6.07, 6.45) is 3.01. The molecule has 0 saturated carbocycles. The first kappa shape index (κ1) is 13.1. The number of aromatic nitrogens is 2. The van der Waals surface area contributed by atoms with Gasteiger partial charge >= 0.3 is 0 Å². The third-order valence-electron chi connectivity index (χ3n) is 3.29. The number of benzene rings is 1. The van der Waals surface area contributed by atoms with E-state index in [0.29, 0.717) is 5.89 Å². The maximum absolute atomic E-state index is 13.2. The number of nitrogens with zero attached hydrogens (tertiary/aromatic N) is 2. The quantitative estimate of drug-likeness (QED) is 0.861. The lowest BCUT2D eigenvalue weighted by Crippen LogP contribution is -2.26. The Kier molecular flexibility index (Phi) is 3.43. The summed E-state index contributed by atoms with van der Waals surface area (Å²) < 4.78 is 44.4. The summed E-state index contributed by atoms with van der Waals surface area (Å²) in [5, 5.41) is 6.92. The van der Waals surface area contributed by atoms with E-state index in [1.54, 1.807) is 0 Å². The molecule has 1 fully saturated rings. The van der Waals surface area contributed by atoms with Crippen LogP contribution in [0.1, 0.15) is 31.2 Å². The Hall–Kier alpha value is -1.89. The molecule has 20 heavy (non-hydrogen) atoms. The molecular formula is C13H12F3N3O. The predicted molar refractivity (Wildman–Crippen MR) is 64.2 cm³/mol. The van der Waals surface area contributed by atoms with Crippen LogP contribution in [0.15, 0.2) is 16.7 Å². The molecule has 7 heteroatoms. The zero-order valence-corrected chi connectivity index (χ0v) is 10.5. The Bertz CT molecular complexity index is 600. The van der Waals surface area contributed by atoms with Crippen molar-refractivity contribution in [3.05, 3.63) is 35.5 Å². The number of hydrogen-bond acceptors (Lipinski definition) is 4. The average Bonchev–Trinajstić information content (AvgIpc) is 2.95.